The number of methoxy groups -OCH3 is 1. The fourth-order valence-electron chi connectivity index (χ4n) is 5.67. The topological polar surface area (TPSA) is 57.0 Å². The Morgan fingerprint density at radius 3 is 2.08 bits per heavy atom. The zero-order chi connectivity index (χ0) is 29.1. The number of ether oxygens (including phenoxy) is 1. The molecule has 0 bridgehead atoms. The number of rotatable bonds is 12. The first-order valence-corrected chi connectivity index (χ1v) is 19.4. The number of benzene rings is 1. The summed E-state index contributed by atoms with van der Waals surface area (Å²) in [6.07, 6.45) is 7.56. The minimum atomic E-state index is -2.14. The molecular weight excluding hydrogens is 505 g/mol. The second-order valence-electron chi connectivity index (χ2n) is 13.4. The predicted molar refractivity (Wildman–Crippen MR) is 169 cm³/mol. The Morgan fingerprint density at radius 1 is 1.03 bits per heavy atom. The lowest BCUT2D eigenvalue weighted by Gasteiger charge is -2.42. The molecule has 216 valence electrons. The molecular formula is C31H56N2O3Si2. The van der Waals surface area contributed by atoms with E-state index in [9.17, 15) is 0 Å². The third-order valence-electron chi connectivity index (χ3n) is 8.87. The number of nitrogens with two attached hydrogens (primary N) is 1. The Balaban J connectivity index is 2.38. The van der Waals surface area contributed by atoms with Crippen LogP contribution in [-0.2, 0) is 11.0 Å². The van der Waals surface area contributed by atoms with Crippen LogP contribution in [0.2, 0.25) is 34.8 Å². The molecule has 0 radical (unpaired) electrons. The Hall–Kier alpha value is -1.71. The van der Waals surface area contributed by atoms with Crippen LogP contribution in [0.5, 0.6) is 11.5 Å². The van der Waals surface area contributed by atoms with Crippen molar-refractivity contribution < 1.29 is 13.6 Å². The van der Waals surface area contributed by atoms with Gasteiger partial charge in [0, 0.05) is 24.5 Å². The lowest BCUT2D eigenvalue weighted by molar-refractivity contribution is 0.176. The van der Waals surface area contributed by atoms with Gasteiger partial charge in [0.15, 0.2) is 14.1 Å². The lowest BCUT2D eigenvalue weighted by Crippen LogP contribution is -2.50. The van der Waals surface area contributed by atoms with Gasteiger partial charge in [-0.2, -0.15) is 0 Å². The van der Waals surface area contributed by atoms with Crippen molar-refractivity contribution in [3.8, 4) is 11.5 Å². The van der Waals surface area contributed by atoms with Gasteiger partial charge >= 0.3 is 0 Å². The summed E-state index contributed by atoms with van der Waals surface area (Å²) in [6.45, 7) is 28.8. The van der Waals surface area contributed by atoms with E-state index in [0.717, 1.165) is 35.8 Å². The summed E-state index contributed by atoms with van der Waals surface area (Å²) in [5.74, 6) is 1.54. The molecule has 5 nitrogen and oxygen atoms in total. The maximum atomic E-state index is 6.98. The molecule has 0 amide bonds. The molecule has 0 spiro atoms. The molecule has 1 heterocycles. The van der Waals surface area contributed by atoms with Crippen LogP contribution in [0.3, 0.4) is 0 Å². The smallest absolute Gasteiger partial charge is 0.258 e. The molecule has 38 heavy (non-hydrogen) atoms. The average Bonchev–Trinajstić information content (AvgIpc) is 3.17. The van der Waals surface area contributed by atoms with E-state index in [1.807, 2.05) is 6.07 Å². The molecule has 1 atom stereocenters. The van der Waals surface area contributed by atoms with Crippen LogP contribution in [0, 0.1) is 0 Å². The third-order valence-corrected chi connectivity index (χ3v) is 19.4. The highest BCUT2D eigenvalue weighted by Crippen LogP contribution is 2.46. The molecule has 2 N–H and O–H groups in total. The summed E-state index contributed by atoms with van der Waals surface area (Å²) >= 11 is 0. The number of nitrogen functional groups attached to an aromatic ring is 1. The van der Waals surface area contributed by atoms with E-state index < -0.39 is 16.6 Å². The Morgan fingerprint density at radius 2 is 1.61 bits per heavy atom. The average molecular weight is 561 g/mol. The standard InChI is InChI=1S/C31H56N2O3Si2/c1-14-15-25-16-27(21-35-37(12,13)31(8,9)10)33(19-25)20-26-17-29(34-11)30(18-28(26)32)36-38(22(2)3,23(4)5)24(6)7/h14-15,17-19,22-24,27H,16,20-21,32H2,1-13H3/b15-14+/t27-/m0/s1. The number of hydrogen-bond acceptors (Lipinski definition) is 5. The fourth-order valence-corrected chi connectivity index (χ4v) is 12.0. The fraction of sp³-hybridized carbons (Fsp3) is 0.677. The van der Waals surface area contributed by atoms with Crippen LogP contribution in [0.1, 0.15) is 81.2 Å². The Kier molecular flexibility index (Phi) is 10.8. The number of nitrogens with zero attached hydrogens (tertiary/aromatic N) is 1. The van der Waals surface area contributed by atoms with Crippen LogP contribution in [0.15, 0.2) is 36.1 Å². The van der Waals surface area contributed by atoms with Gasteiger partial charge in [-0.1, -0.05) is 74.5 Å². The van der Waals surface area contributed by atoms with E-state index in [2.05, 4.69) is 112 Å². The molecule has 1 aliphatic heterocycles. The predicted octanol–water partition coefficient (Wildman–Crippen LogP) is 8.89. The first-order valence-electron chi connectivity index (χ1n) is 14.4. The Bertz CT molecular complexity index is 972. The summed E-state index contributed by atoms with van der Waals surface area (Å²) in [6, 6.07) is 4.36. The van der Waals surface area contributed by atoms with Gasteiger partial charge in [0.2, 0.25) is 0 Å². The van der Waals surface area contributed by atoms with Crippen LogP contribution in [0.4, 0.5) is 5.69 Å². The lowest BCUT2D eigenvalue weighted by atomic mass is 10.1. The minimum absolute atomic E-state index is 0.185. The quantitative estimate of drug-likeness (QED) is 0.204. The van der Waals surface area contributed by atoms with Gasteiger partial charge in [-0.05, 0) is 65.3 Å². The van der Waals surface area contributed by atoms with E-state index in [-0.39, 0.29) is 11.1 Å². The zero-order valence-corrected chi connectivity index (χ0v) is 28.6. The highest BCUT2D eigenvalue weighted by Gasteiger charge is 2.47. The van der Waals surface area contributed by atoms with Crippen molar-refractivity contribution in [2.24, 2.45) is 0 Å². The molecule has 0 saturated heterocycles. The summed E-state index contributed by atoms with van der Waals surface area (Å²) < 4.78 is 19.5. The van der Waals surface area contributed by atoms with Crippen LogP contribution in [-0.4, -0.2) is 41.3 Å². The minimum Gasteiger partial charge on any atom is -0.540 e. The molecule has 1 aliphatic rings. The summed E-state index contributed by atoms with van der Waals surface area (Å²) in [7, 11) is -2.26. The van der Waals surface area contributed by atoms with Crippen molar-refractivity contribution in [1.82, 2.24) is 4.90 Å². The van der Waals surface area contributed by atoms with Gasteiger partial charge in [0.1, 0.15) is 5.75 Å². The monoisotopic (exact) mass is 560 g/mol. The second-order valence-corrected chi connectivity index (χ2v) is 23.6. The van der Waals surface area contributed by atoms with Crippen LogP contribution in [0.25, 0.3) is 0 Å². The van der Waals surface area contributed by atoms with E-state index in [0.29, 0.717) is 23.2 Å². The number of allylic oxidation sites excluding steroid dienone is 2. The van der Waals surface area contributed by atoms with Gasteiger partial charge < -0.3 is 24.2 Å². The van der Waals surface area contributed by atoms with E-state index >= 15 is 0 Å². The van der Waals surface area contributed by atoms with Gasteiger partial charge in [-0.25, -0.2) is 0 Å². The van der Waals surface area contributed by atoms with Crippen molar-refractivity contribution in [3.05, 3.63) is 41.6 Å². The zero-order valence-electron chi connectivity index (χ0n) is 26.6. The van der Waals surface area contributed by atoms with Crippen molar-refractivity contribution in [1.29, 1.82) is 0 Å². The maximum Gasteiger partial charge on any atom is 0.258 e. The second kappa shape index (κ2) is 12.6. The largest absolute Gasteiger partial charge is 0.540 e. The molecule has 1 aromatic carbocycles. The van der Waals surface area contributed by atoms with E-state index in [1.165, 1.54) is 5.57 Å². The van der Waals surface area contributed by atoms with Crippen molar-refractivity contribution >= 4 is 22.3 Å². The van der Waals surface area contributed by atoms with Gasteiger partial charge in [0.05, 0.1) is 19.8 Å². The Labute approximate surface area is 236 Å². The van der Waals surface area contributed by atoms with Crippen molar-refractivity contribution in [3.63, 3.8) is 0 Å². The third kappa shape index (κ3) is 7.08. The van der Waals surface area contributed by atoms with Crippen molar-refractivity contribution in [2.45, 2.75) is 123 Å². The molecule has 1 aromatic rings. The van der Waals surface area contributed by atoms with Crippen LogP contribution < -0.4 is 14.9 Å². The number of hydrogen-bond donors (Lipinski definition) is 1. The molecule has 0 fully saturated rings. The van der Waals surface area contributed by atoms with Gasteiger partial charge in [0.25, 0.3) is 8.32 Å². The summed E-state index contributed by atoms with van der Waals surface area (Å²) in [5.41, 5.74) is 11.2. The normalized spacial score (nSPS) is 17.3. The van der Waals surface area contributed by atoms with Crippen molar-refractivity contribution in [2.75, 3.05) is 19.5 Å². The van der Waals surface area contributed by atoms with Crippen LogP contribution >= 0.6 is 0 Å². The SMILES string of the molecule is C/C=C/C1=CN(Cc2cc(OC)c(O[Si](C(C)C)(C(C)C)C(C)C)cc2N)[C@H](CO[Si](C)(C)C(C)(C)C)C1. The van der Waals surface area contributed by atoms with Gasteiger partial charge in [-0.15, -0.1) is 0 Å². The summed E-state index contributed by atoms with van der Waals surface area (Å²) in [4.78, 5) is 2.39. The summed E-state index contributed by atoms with van der Waals surface area (Å²) in [5, 5.41) is 0.185. The first kappa shape index (κ1) is 32.5. The highest BCUT2D eigenvalue weighted by molar-refractivity contribution is 6.78. The number of anilines is 1. The molecule has 2 rings (SSSR count). The molecule has 0 saturated carbocycles. The molecule has 0 unspecified atom stereocenters. The maximum absolute atomic E-state index is 6.98. The molecule has 7 heteroatoms. The van der Waals surface area contributed by atoms with E-state index in [4.69, 9.17) is 19.3 Å². The highest BCUT2D eigenvalue weighted by atomic mass is 28.4. The first-order chi connectivity index (χ1) is 17.5. The van der Waals surface area contributed by atoms with Gasteiger partial charge in [-0.3, -0.25) is 0 Å². The molecule has 0 aromatic heterocycles. The molecule has 0 aliphatic carbocycles. The van der Waals surface area contributed by atoms with E-state index in [1.54, 1.807) is 7.11 Å².